The summed E-state index contributed by atoms with van der Waals surface area (Å²) in [6, 6.07) is 4.74. The van der Waals surface area contributed by atoms with Crippen molar-refractivity contribution in [3.05, 3.63) is 47.5 Å². The van der Waals surface area contributed by atoms with E-state index in [4.69, 9.17) is 5.73 Å². The quantitative estimate of drug-likeness (QED) is 0.837. The largest absolute Gasteiger partial charge is 0.326 e. The smallest absolute Gasteiger partial charge is 0.159 e. The van der Waals surface area contributed by atoms with Gasteiger partial charge >= 0.3 is 0 Å². The van der Waals surface area contributed by atoms with Crippen molar-refractivity contribution in [2.45, 2.75) is 13.5 Å². The predicted molar refractivity (Wildman–Crippen MR) is 60.1 cm³/mol. The Hall–Kier alpha value is -1.81. The van der Waals surface area contributed by atoms with Crippen molar-refractivity contribution in [2.24, 2.45) is 5.73 Å². The maximum atomic E-state index is 13.2. The van der Waals surface area contributed by atoms with Gasteiger partial charge in [-0.05, 0) is 30.7 Å². The highest BCUT2D eigenvalue weighted by atomic mass is 19.1. The lowest BCUT2D eigenvalue weighted by atomic mass is 10.1. The summed E-state index contributed by atoms with van der Waals surface area (Å²) in [7, 11) is 0. The van der Waals surface area contributed by atoms with Crippen LogP contribution in [0.4, 0.5) is 4.39 Å². The summed E-state index contributed by atoms with van der Waals surface area (Å²) in [5.41, 5.74) is 7.84. The van der Waals surface area contributed by atoms with Crippen LogP contribution in [-0.4, -0.2) is 9.97 Å². The molecule has 0 aliphatic rings. The first-order chi connectivity index (χ1) is 7.69. The molecule has 4 heteroatoms. The zero-order valence-corrected chi connectivity index (χ0v) is 8.94. The maximum absolute atomic E-state index is 13.2. The van der Waals surface area contributed by atoms with Crippen LogP contribution in [0, 0.1) is 12.7 Å². The Morgan fingerprint density at radius 3 is 2.44 bits per heavy atom. The molecule has 16 heavy (non-hydrogen) atoms. The molecule has 2 N–H and O–H groups in total. The summed E-state index contributed by atoms with van der Waals surface area (Å²) in [6.07, 6.45) is 3.31. The van der Waals surface area contributed by atoms with Crippen LogP contribution < -0.4 is 5.73 Å². The van der Waals surface area contributed by atoms with Crippen molar-refractivity contribution >= 4 is 0 Å². The molecule has 0 spiro atoms. The molecule has 3 nitrogen and oxygen atoms in total. The van der Waals surface area contributed by atoms with Crippen molar-refractivity contribution in [3.8, 4) is 11.4 Å². The van der Waals surface area contributed by atoms with Crippen molar-refractivity contribution < 1.29 is 4.39 Å². The molecule has 82 valence electrons. The van der Waals surface area contributed by atoms with Gasteiger partial charge in [-0.1, -0.05) is 0 Å². The Kier molecular flexibility index (Phi) is 2.92. The summed E-state index contributed by atoms with van der Waals surface area (Å²) in [5.74, 6) is 0.237. The fraction of sp³-hybridized carbons (Fsp3) is 0.167. The minimum Gasteiger partial charge on any atom is -0.326 e. The molecule has 0 radical (unpaired) electrons. The average molecular weight is 217 g/mol. The second-order valence-electron chi connectivity index (χ2n) is 3.64. The topological polar surface area (TPSA) is 51.8 Å². The molecule has 0 fully saturated rings. The number of hydrogen-bond acceptors (Lipinski definition) is 3. The first-order valence-electron chi connectivity index (χ1n) is 4.97. The van der Waals surface area contributed by atoms with E-state index in [1.807, 2.05) is 13.0 Å². The maximum Gasteiger partial charge on any atom is 0.159 e. The SMILES string of the molecule is Cc1cc(F)cc(-c2ncc(CN)cn2)c1. The summed E-state index contributed by atoms with van der Waals surface area (Å²) in [5, 5.41) is 0. The number of aryl methyl sites for hydroxylation is 1. The van der Waals surface area contributed by atoms with Crippen LogP contribution >= 0.6 is 0 Å². The number of rotatable bonds is 2. The highest BCUT2D eigenvalue weighted by molar-refractivity contribution is 5.55. The minimum atomic E-state index is -0.276. The first-order valence-corrected chi connectivity index (χ1v) is 4.97. The molecule has 2 aromatic rings. The fourth-order valence-corrected chi connectivity index (χ4v) is 1.47. The van der Waals surface area contributed by atoms with Crippen molar-refractivity contribution in [1.82, 2.24) is 9.97 Å². The van der Waals surface area contributed by atoms with E-state index >= 15 is 0 Å². The van der Waals surface area contributed by atoms with Gasteiger partial charge < -0.3 is 5.73 Å². The average Bonchev–Trinajstić information content (AvgIpc) is 2.28. The van der Waals surface area contributed by atoms with Gasteiger partial charge in [-0.2, -0.15) is 0 Å². The molecule has 0 aliphatic heterocycles. The zero-order valence-electron chi connectivity index (χ0n) is 8.94. The first kappa shape index (κ1) is 10.7. The van der Waals surface area contributed by atoms with Gasteiger partial charge in [0, 0.05) is 30.1 Å². The van der Waals surface area contributed by atoms with E-state index in [0.717, 1.165) is 11.1 Å². The number of halogens is 1. The van der Waals surface area contributed by atoms with Crippen LogP contribution in [0.5, 0.6) is 0 Å². The molecule has 0 bridgehead atoms. The van der Waals surface area contributed by atoms with Crippen LogP contribution in [0.2, 0.25) is 0 Å². The molecule has 0 atom stereocenters. The van der Waals surface area contributed by atoms with E-state index < -0.39 is 0 Å². The van der Waals surface area contributed by atoms with Crippen LogP contribution in [-0.2, 0) is 6.54 Å². The Labute approximate surface area is 93.2 Å². The summed E-state index contributed by atoms with van der Waals surface area (Å²) < 4.78 is 13.2. The minimum absolute atomic E-state index is 0.276. The standard InChI is InChI=1S/C12H12FN3/c1-8-2-10(4-11(13)3-8)12-15-6-9(5-14)7-16-12/h2-4,6-7H,5,14H2,1H3. The molecule has 1 aromatic heterocycles. The van der Waals surface area contributed by atoms with Gasteiger partial charge in [0.15, 0.2) is 5.82 Å². The highest BCUT2D eigenvalue weighted by Crippen LogP contribution is 2.17. The van der Waals surface area contributed by atoms with E-state index in [0.29, 0.717) is 17.9 Å². The Morgan fingerprint density at radius 1 is 1.19 bits per heavy atom. The Balaban J connectivity index is 2.42. The van der Waals surface area contributed by atoms with E-state index in [2.05, 4.69) is 9.97 Å². The Bertz CT molecular complexity index is 474. The molecule has 0 saturated heterocycles. The van der Waals surface area contributed by atoms with Crippen LogP contribution in [0.25, 0.3) is 11.4 Å². The molecule has 0 aliphatic carbocycles. The van der Waals surface area contributed by atoms with Gasteiger partial charge in [0.05, 0.1) is 0 Å². The van der Waals surface area contributed by atoms with Crippen LogP contribution in [0.3, 0.4) is 0 Å². The van der Waals surface area contributed by atoms with Gasteiger partial charge in [-0.15, -0.1) is 0 Å². The molecule has 0 saturated carbocycles. The molecule has 0 unspecified atom stereocenters. The highest BCUT2D eigenvalue weighted by Gasteiger charge is 2.03. The summed E-state index contributed by atoms with van der Waals surface area (Å²) >= 11 is 0. The van der Waals surface area contributed by atoms with Crippen molar-refractivity contribution in [2.75, 3.05) is 0 Å². The molecule has 1 aromatic carbocycles. The summed E-state index contributed by atoms with van der Waals surface area (Å²) in [6.45, 7) is 2.24. The van der Waals surface area contributed by atoms with E-state index in [1.54, 1.807) is 12.4 Å². The molecule has 1 heterocycles. The van der Waals surface area contributed by atoms with E-state index in [1.165, 1.54) is 12.1 Å². The van der Waals surface area contributed by atoms with Crippen molar-refractivity contribution in [1.29, 1.82) is 0 Å². The van der Waals surface area contributed by atoms with Crippen LogP contribution in [0.15, 0.2) is 30.6 Å². The second-order valence-corrected chi connectivity index (χ2v) is 3.64. The van der Waals surface area contributed by atoms with Crippen LogP contribution in [0.1, 0.15) is 11.1 Å². The molecule has 0 amide bonds. The third kappa shape index (κ3) is 2.23. The third-order valence-electron chi connectivity index (χ3n) is 2.24. The number of aromatic nitrogens is 2. The number of hydrogen-bond donors (Lipinski definition) is 1. The normalized spacial score (nSPS) is 10.4. The second kappa shape index (κ2) is 4.37. The van der Waals surface area contributed by atoms with Crippen molar-refractivity contribution in [3.63, 3.8) is 0 Å². The fourth-order valence-electron chi connectivity index (χ4n) is 1.47. The number of benzene rings is 1. The van der Waals surface area contributed by atoms with Gasteiger partial charge in [-0.3, -0.25) is 0 Å². The third-order valence-corrected chi connectivity index (χ3v) is 2.24. The van der Waals surface area contributed by atoms with E-state index in [-0.39, 0.29) is 5.82 Å². The van der Waals surface area contributed by atoms with Gasteiger partial charge in [0.2, 0.25) is 0 Å². The van der Waals surface area contributed by atoms with Gasteiger partial charge in [-0.25, -0.2) is 14.4 Å². The summed E-state index contributed by atoms with van der Waals surface area (Å²) in [4.78, 5) is 8.29. The number of nitrogens with zero attached hydrogens (tertiary/aromatic N) is 2. The lowest BCUT2D eigenvalue weighted by Crippen LogP contribution is -1.99. The molecular formula is C12H12FN3. The Morgan fingerprint density at radius 2 is 1.88 bits per heavy atom. The zero-order chi connectivity index (χ0) is 11.5. The molecule has 2 rings (SSSR count). The molecular weight excluding hydrogens is 205 g/mol. The van der Waals surface area contributed by atoms with Gasteiger partial charge in [0.25, 0.3) is 0 Å². The number of nitrogens with two attached hydrogens (primary N) is 1. The van der Waals surface area contributed by atoms with Gasteiger partial charge in [0.1, 0.15) is 5.82 Å². The van der Waals surface area contributed by atoms with E-state index in [9.17, 15) is 4.39 Å². The lowest BCUT2D eigenvalue weighted by Gasteiger charge is -2.02. The predicted octanol–water partition coefficient (Wildman–Crippen LogP) is 2.05. The lowest BCUT2D eigenvalue weighted by molar-refractivity contribution is 0.627. The monoisotopic (exact) mass is 217 g/mol.